The molecule has 0 aliphatic heterocycles. The van der Waals surface area contributed by atoms with Gasteiger partial charge in [-0.15, -0.1) is 0 Å². The van der Waals surface area contributed by atoms with Gasteiger partial charge >= 0.3 is 0 Å². The molecule has 0 saturated heterocycles. The maximum atomic E-state index is 9.43. The SMILES string of the molecule is CC1CC=CC1c1ccc(/C(N=C(c2ccccc2)c2cc(-c3ccc(C#N)cc3)cc(-c3cccc4ccccc34)c2)=N/N)cc1. The molecule has 0 saturated carbocycles. The lowest BCUT2D eigenvalue weighted by Gasteiger charge is -2.16. The number of benzene rings is 6. The second-order valence-electron chi connectivity index (χ2n) is 12.1. The summed E-state index contributed by atoms with van der Waals surface area (Å²) in [5.41, 5.74) is 9.65. The molecule has 0 heterocycles. The van der Waals surface area contributed by atoms with Crippen molar-refractivity contribution in [2.24, 2.45) is 21.9 Å². The highest BCUT2D eigenvalue weighted by Gasteiger charge is 2.20. The van der Waals surface area contributed by atoms with E-state index in [1.54, 1.807) is 0 Å². The number of rotatable bonds is 6. The zero-order valence-corrected chi connectivity index (χ0v) is 26.2. The number of allylic oxidation sites excluding steroid dienone is 2. The molecule has 2 atom stereocenters. The van der Waals surface area contributed by atoms with Crippen molar-refractivity contribution in [3.63, 3.8) is 0 Å². The van der Waals surface area contributed by atoms with E-state index < -0.39 is 0 Å². The normalized spacial score (nSPS) is 16.3. The topological polar surface area (TPSA) is 74.5 Å². The van der Waals surface area contributed by atoms with E-state index in [0.717, 1.165) is 51.1 Å². The van der Waals surface area contributed by atoms with E-state index in [1.165, 1.54) is 16.3 Å². The lowest BCUT2D eigenvalue weighted by atomic mass is 9.89. The van der Waals surface area contributed by atoms with Crippen LogP contribution in [0.4, 0.5) is 0 Å². The molecule has 226 valence electrons. The van der Waals surface area contributed by atoms with Crippen molar-refractivity contribution in [2.45, 2.75) is 19.3 Å². The average Bonchev–Trinajstić information content (AvgIpc) is 3.57. The van der Waals surface area contributed by atoms with E-state index >= 15 is 0 Å². The van der Waals surface area contributed by atoms with Crippen LogP contribution in [0.3, 0.4) is 0 Å². The number of nitriles is 1. The summed E-state index contributed by atoms with van der Waals surface area (Å²) >= 11 is 0. The first kappa shape index (κ1) is 29.6. The maximum absolute atomic E-state index is 9.43. The van der Waals surface area contributed by atoms with E-state index in [1.807, 2.05) is 42.5 Å². The van der Waals surface area contributed by atoms with Gasteiger partial charge in [0, 0.05) is 22.6 Å². The minimum absolute atomic E-state index is 0.420. The number of aliphatic imine (C=N–C) groups is 1. The lowest BCUT2D eigenvalue weighted by Crippen LogP contribution is -2.11. The van der Waals surface area contributed by atoms with Gasteiger partial charge < -0.3 is 5.84 Å². The summed E-state index contributed by atoms with van der Waals surface area (Å²) in [5, 5.41) is 16.0. The minimum atomic E-state index is 0.420. The summed E-state index contributed by atoms with van der Waals surface area (Å²) < 4.78 is 0. The van der Waals surface area contributed by atoms with Gasteiger partial charge in [-0.2, -0.15) is 10.4 Å². The molecule has 6 aromatic rings. The number of hydrazone groups is 1. The van der Waals surface area contributed by atoms with Crippen LogP contribution in [0.1, 0.15) is 47.1 Å². The third kappa shape index (κ3) is 6.12. The Bertz CT molecular complexity index is 2180. The quantitative estimate of drug-likeness (QED) is 0.0674. The molecule has 47 heavy (non-hydrogen) atoms. The molecule has 1 aliphatic rings. The van der Waals surface area contributed by atoms with Crippen molar-refractivity contribution in [2.75, 3.05) is 0 Å². The fourth-order valence-corrected chi connectivity index (χ4v) is 6.54. The molecule has 0 bridgehead atoms. The van der Waals surface area contributed by atoms with Crippen LogP contribution >= 0.6 is 0 Å². The predicted octanol–water partition coefficient (Wildman–Crippen LogP) is 9.88. The molecule has 0 amide bonds. The summed E-state index contributed by atoms with van der Waals surface area (Å²) in [6.45, 7) is 2.29. The van der Waals surface area contributed by atoms with Crippen LogP contribution in [-0.2, 0) is 0 Å². The Morgan fingerprint density at radius 2 is 1.43 bits per heavy atom. The highest BCUT2D eigenvalue weighted by Crippen LogP contribution is 2.35. The smallest absolute Gasteiger partial charge is 0.179 e. The first-order chi connectivity index (χ1) is 23.1. The molecule has 7 rings (SSSR count). The Labute approximate surface area is 275 Å². The van der Waals surface area contributed by atoms with Gasteiger partial charge in [-0.25, -0.2) is 4.99 Å². The van der Waals surface area contributed by atoms with Crippen LogP contribution in [-0.4, -0.2) is 11.5 Å². The maximum Gasteiger partial charge on any atom is 0.179 e. The number of hydrogen-bond donors (Lipinski definition) is 1. The number of fused-ring (bicyclic) bond motifs is 1. The molecule has 0 aromatic heterocycles. The second-order valence-corrected chi connectivity index (χ2v) is 12.1. The average molecular weight is 607 g/mol. The van der Waals surface area contributed by atoms with Crippen LogP contribution in [0.25, 0.3) is 33.0 Å². The summed E-state index contributed by atoms with van der Waals surface area (Å²) in [4.78, 5) is 5.19. The Kier molecular flexibility index (Phi) is 8.28. The standard InChI is InChI=1S/C43H34N4/c1-29-9-7-15-39(29)33-21-23-35(24-22-33)43(47-45)46-42(34-11-3-2-4-12-34)38-26-36(31-19-17-30(28-44)18-20-31)25-37(27-38)41-16-8-13-32-10-5-6-14-40(32)41/h2-8,10-27,29,39H,9,45H2,1H3/b46-42?,47-43-. The molecule has 1 aliphatic carbocycles. The number of nitrogens with two attached hydrogens (primary N) is 1. The van der Waals surface area contributed by atoms with Gasteiger partial charge in [0.1, 0.15) is 0 Å². The van der Waals surface area contributed by atoms with Crippen LogP contribution in [0.2, 0.25) is 0 Å². The fraction of sp³-hybridized carbons (Fsp3) is 0.0930. The lowest BCUT2D eigenvalue weighted by molar-refractivity contribution is 0.564. The number of nitrogens with zero attached hydrogens (tertiary/aromatic N) is 3. The number of hydrogen-bond acceptors (Lipinski definition) is 3. The Morgan fingerprint density at radius 1 is 0.702 bits per heavy atom. The first-order valence-electron chi connectivity index (χ1n) is 15.9. The van der Waals surface area contributed by atoms with E-state index in [-0.39, 0.29) is 0 Å². The highest BCUT2D eigenvalue weighted by atomic mass is 15.2. The van der Waals surface area contributed by atoms with Gasteiger partial charge in [-0.3, -0.25) is 0 Å². The molecule has 2 unspecified atom stereocenters. The van der Waals surface area contributed by atoms with Crippen LogP contribution < -0.4 is 5.84 Å². The van der Waals surface area contributed by atoms with Gasteiger partial charge in [0.2, 0.25) is 0 Å². The zero-order chi connectivity index (χ0) is 32.2. The summed E-state index contributed by atoms with van der Waals surface area (Å²) in [5.74, 6) is 7.53. The molecular formula is C43H34N4. The van der Waals surface area contributed by atoms with Gasteiger partial charge in [-0.1, -0.05) is 128 Å². The van der Waals surface area contributed by atoms with Gasteiger partial charge in [0.15, 0.2) is 5.84 Å². The molecular weight excluding hydrogens is 573 g/mol. The Morgan fingerprint density at radius 3 is 2.15 bits per heavy atom. The molecule has 4 heteroatoms. The van der Waals surface area contributed by atoms with Gasteiger partial charge in [0.05, 0.1) is 17.3 Å². The van der Waals surface area contributed by atoms with E-state index in [0.29, 0.717) is 23.2 Å². The molecule has 4 nitrogen and oxygen atoms in total. The highest BCUT2D eigenvalue weighted by molar-refractivity contribution is 6.20. The zero-order valence-electron chi connectivity index (χ0n) is 26.2. The largest absolute Gasteiger partial charge is 0.321 e. The van der Waals surface area contributed by atoms with Crippen molar-refractivity contribution < 1.29 is 0 Å². The summed E-state index contributed by atoms with van der Waals surface area (Å²) in [6.07, 6.45) is 5.68. The molecule has 2 N–H and O–H groups in total. The van der Waals surface area contributed by atoms with Crippen LogP contribution in [0.15, 0.2) is 162 Å². The second kappa shape index (κ2) is 13.1. The minimum Gasteiger partial charge on any atom is -0.321 e. The predicted molar refractivity (Wildman–Crippen MR) is 194 cm³/mol. The molecule has 0 fully saturated rings. The van der Waals surface area contributed by atoms with E-state index in [2.05, 4.69) is 127 Å². The van der Waals surface area contributed by atoms with E-state index in [9.17, 15) is 5.26 Å². The van der Waals surface area contributed by atoms with Gasteiger partial charge in [-0.05, 0) is 81.3 Å². The monoisotopic (exact) mass is 606 g/mol. The number of amidine groups is 1. The van der Waals surface area contributed by atoms with Crippen molar-refractivity contribution in [3.8, 4) is 28.3 Å². The van der Waals surface area contributed by atoms with Crippen molar-refractivity contribution >= 4 is 22.3 Å². The van der Waals surface area contributed by atoms with Crippen molar-refractivity contribution in [3.05, 3.63) is 179 Å². The van der Waals surface area contributed by atoms with Gasteiger partial charge in [0.25, 0.3) is 0 Å². The molecule has 0 radical (unpaired) electrons. The molecule has 0 spiro atoms. The Hall–Kier alpha value is -6.05. The fourth-order valence-electron chi connectivity index (χ4n) is 6.54. The van der Waals surface area contributed by atoms with E-state index in [4.69, 9.17) is 10.8 Å². The van der Waals surface area contributed by atoms with Crippen molar-refractivity contribution in [1.29, 1.82) is 5.26 Å². The summed E-state index contributed by atoms with van der Waals surface area (Å²) in [6, 6.07) is 50.0. The Balaban J connectivity index is 1.40. The van der Waals surface area contributed by atoms with Crippen LogP contribution in [0, 0.1) is 17.2 Å². The first-order valence-corrected chi connectivity index (χ1v) is 15.9. The van der Waals surface area contributed by atoms with Crippen molar-refractivity contribution in [1.82, 2.24) is 0 Å². The summed E-state index contributed by atoms with van der Waals surface area (Å²) in [7, 11) is 0. The molecule has 6 aromatic carbocycles. The van der Waals surface area contributed by atoms with Crippen LogP contribution in [0.5, 0.6) is 0 Å². The third-order valence-electron chi connectivity index (χ3n) is 9.06. The third-order valence-corrected chi connectivity index (χ3v) is 9.06.